The van der Waals surface area contributed by atoms with E-state index in [1.54, 1.807) is 0 Å². The zero-order valence-electron chi connectivity index (χ0n) is 8.28. The molecule has 0 aromatic heterocycles. The van der Waals surface area contributed by atoms with E-state index < -0.39 is 24.1 Å². The highest BCUT2D eigenvalue weighted by atomic mass is 19.4. The maximum Gasteiger partial charge on any atom is 0.416 e. The number of rotatable bonds is 3. The van der Waals surface area contributed by atoms with E-state index in [4.69, 9.17) is 15.9 Å². The van der Waals surface area contributed by atoms with Crippen molar-refractivity contribution in [3.8, 4) is 0 Å². The van der Waals surface area contributed by atoms with Gasteiger partial charge in [0, 0.05) is 0 Å². The molecule has 4 N–H and O–H groups in total. The molecule has 0 aliphatic carbocycles. The molecule has 0 aliphatic heterocycles. The Morgan fingerprint density at radius 1 is 1.19 bits per heavy atom. The lowest BCUT2D eigenvalue weighted by Gasteiger charge is -2.17. The van der Waals surface area contributed by atoms with Gasteiger partial charge in [0.1, 0.15) is 0 Å². The Balaban J connectivity index is 2.96. The minimum absolute atomic E-state index is 0.0457. The van der Waals surface area contributed by atoms with E-state index in [0.717, 1.165) is 6.07 Å². The maximum absolute atomic E-state index is 12.5. The summed E-state index contributed by atoms with van der Waals surface area (Å²) in [5.74, 6) is 0. The highest BCUT2D eigenvalue weighted by Crippen LogP contribution is 2.32. The van der Waals surface area contributed by atoms with Crippen molar-refractivity contribution in [2.24, 2.45) is 5.73 Å². The maximum atomic E-state index is 12.5. The summed E-state index contributed by atoms with van der Waals surface area (Å²) in [6, 6.07) is 3.79. The third kappa shape index (κ3) is 3.19. The van der Waals surface area contributed by atoms with Gasteiger partial charge in [0.15, 0.2) is 6.29 Å². The minimum Gasteiger partial charge on any atom is -0.367 e. The monoisotopic (exact) mass is 235 g/mol. The molecule has 6 heteroatoms. The smallest absolute Gasteiger partial charge is 0.367 e. The number of aliphatic hydroxyl groups is 2. The summed E-state index contributed by atoms with van der Waals surface area (Å²) in [4.78, 5) is 0. The van der Waals surface area contributed by atoms with Crippen molar-refractivity contribution >= 4 is 0 Å². The summed E-state index contributed by atoms with van der Waals surface area (Å²) >= 11 is 0. The first-order valence-corrected chi connectivity index (χ1v) is 4.59. The van der Waals surface area contributed by atoms with Gasteiger partial charge in [-0.25, -0.2) is 0 Å². The minimum atomic E-state index is -4.46. The molecule has 0 radical (unpaired) electrons. The second kappa shape index (κ2) is 4.82. The molecule has 0 bridgehead atoms. The summed E-state index contributed by atoms with van der Waals surface area (Å²) in [5, 5.41) is 17.5. The molecule has 1 rings (SSSR count). The molecule has 1 atom stereocenters. The van der Waals surface area contributed by atoms with E-state index in [0.29, 0.717) is 0 Å². The lowest BCUT2D eigenvalue weighted by molar-refractivity contribution is -0.138. The van der Waals surface area contributed by atoms with Crippen molar-refractivity contribution in [3.05, 3.63) is 35.4 Å². The lowest BCUT2D eigenvalue weighted by atomic mass is 10.00. The van der Waals surface area contributed by atoms with Crippen LogP contribution in [0.2, 0.25) is 0 Å². The first kappa shape index (κ1) is 13.0. The van der Waals surface area contributed by atoms with Crippen LogP contribution in [0.15, 0.2) is 24.3 Å². The molecule has 0 spiro atoms. The van der Waals surface area contributed by atoms with Gasteiger partial charge in [-0.2, -0.15) is 13.2 Å². The predicted molar refractivity (Wildman–Crippen MR) is 51.3 cm³/mol. The van der Waals surface area contributed by atoms with Gasteiger partial charge < -0.3 is 15.9 Å². The van der Waals surface area contributed by atoms with Crippen molar-refractivity contribution in [1.29, 1.82) is 0 Å². The van der Waals surface area contributed by atoms with Crippen molar-refractivity contribution in [2.45, 2.75) is 24.9 Å². The number of benzene rings is 1. The van der Waals surface area contributed by atoms with Crippen LogP contribution >= 0.6 is 0 Å². The van der Waals surface area contributed by atoms with Gasteiger partial charge in [-0.1, -0.05) is 18.2 Å². The van der Waals surface area contributed by atoms with Gasteiger partial charge in [0.05, 0.1) is 11.6 Å². The lowest BCUT2D eigenvalue weighted by Crippen LogP contribution is -2.36. The van der Waals surface area contributed by atoms with Gasteiger partial charge in [-0.05, 0) is 18.1 Å². The third-order valence-electron chi connectivity index (χ3n) is 2.16. The van der Waals surface area contributed by atoms with Crippen LogP contribution in [-0.2, 0) is 12.6 Å². The Morgan fingerprint density at radius 2 is 1.75 bits per heavy atom. The molecule has 0 saturated carbocycles. The number of hydrogen-bond acceptors (Lipinski definition) is 3. The first-order valence-electron chi connectivity index (χ1n) is 4.59. The normalized spacial score (nSPS) is 14.2. The highest BCUT2D eigenvalue weighted by molar-refractivity contribution is 5.30. The Hall–Kier alpha value is -1.11. The average molecular weight is 235 g/mol. The summed E-state index contributed by atoms with van der Waals surface area (Å²) in [7, 11) is 0. The van der Waals surface area contributed by atoms with Gasteiger partial charge in [0.25, 0.3) is 0 Å². The Labute approximate surface area is 90.3 Å². The zero-order chi connectivity index (χ0) is 12.3. The molecule has 0 heterocycles. The number of nitrogens with two attached hydrogens (primary N) is 1. The second-order valence-corrected chi connectivity index (χ2v) is 3.44. The van der Waals surface area contributed by atoms with Crippen molar-refractivity contribution < 1.29 is 23.4 Å². The molecule has 16 heavy (non-hydrogen) atoms. The van der Waals surface area contributed by atoms with Crippen LogP contribution in [0, 0.1) is 0 Å². The van der Waals surface area contributed by atoms with Crippen molar-refractivity contribution in [1.82, 2.24) is 0 Å². The number of hydrogen-bond donors (Lipinski definition) is 3. The topological polar surface area (TPSA) is 66.5 Å². The van der Waals surface area contributed by atoms with E-state index in [2.05, 4.69) is 0 Å². The molecule has 1 aromatic rings. The number of halogens is 3. The Morgan fingerprint density at radius 3 is 2.25 bits per heavy atom. The Bertz CT molecular complexity index is 352. The molecular formula is C10H12F3NO2. The third-order valence-corrected chi connectivity index (χ3v) is 2.16. The molecule has 0 amide bonds. The molecule has 1 aromatic carbocycles. The summed E-state index contributed by atoms with van der Waals surface area (Å²) in [6.07, 6.45) is -6.54. The molecule has 1 unspecified atom stereocenters. The van der Waals surface area contributed by atoms with E-state index in [9.17, 15) is 13.2 Å². The standard InChI is InChI=1S/C10H12F3NO2/c11-10(12,13)7-4-2-1-3-6(7)5-8(14)9(15)16/h1-4,8-9,15-16H,5,14H2. The van der Waals surface area contributed by atoms with Crippen LogP contribution in [0.1, 0.15) is 11.1 Å². The number of alkyl halides is 3. The van der Waals surface area contributed by atoms with Crippen molar-refractivity contribution in [2.75, 3.05) is 0 Å². The average Bonchev–Trinajstić information content (AvgIpc) is 2.16. The molecule has 3 nitrogen and oxygen atoms in total. The molecule has 0 saturated heterocycles. The zero-order valence-corrected chi connectivity index (χ0v) is 8.28. The molecule has 0 fully saturated rings. The highest BCUT2D eigenvalue weighted by Gasteiger charge is 2.33. The van der Waals surface area contributed by atoms with Crippen LogP contribution in [-0.4, -0.2) is 22.5 Å². The first-order chi connectivity index (χ1) is 7.32. The number of aliphatic hydroxyl groups excluding tert-OH is 1. The van der Waals surface area contributed by atoms with Crippen molar-refractivity contribution in [3.63, 3.8) is 0 Å². The Kier molecular flexibility index (Phi) is 3.90. The van der Waals surface area contributed by atoms with Gasteiger partial charge in [-0.3, -0.25) is 0 Å². The van der Waals surface area contributed by atoms with Crippen LogP contribution in [0.25, 0.3) is 0 Å². The van der Waals surface area contributed by atoms with E-state index in [1.807, 2.05) is 0 Å². The summed E-state index contributed by atoms with van der Waals surface area (Å²) in [6.45, 7) is 0. The van der Waals surface area contributed by atoms with Gasteiger partial charge in [0.2, 0.25) is 0 Å². The predicted octanol–water partition coefficient (Wildman–Crippen LogP) is 0.886. The fraction of sp³-hybridized carbons (Fsp3) is 0.400. The van der Waals surface area contributed by atoms with E-state index in [-0.39, 0.29) is 12.0 Å². The van der Waals surface area contributed by atoms with Crippen LogP contribution in [0.4, 0.5) is 13.2 Å². The quantitative estimate of drug-likeness (QED) is 0.681. The largest absolute Gasteiger partial charge is 0.416 e. The van der Waals surface area contributed by atoms with E-state index >= 15 is 0 Å². The van der Waals surface area contributed by atoms with Crippen LogP contribution < -0.4 is 5.73 Å². The fourth-order valence-electron chi connectivity index (χ4n) is 1.33. The molecule has 0 aliphatic rings. The van der Waals surface area contributed by atoms with Crippen LogP contribution in [0.3, 0.4) is 0 Å². The van der Waals surface area contributed by atoms with Gasteiger partial charge >= 0.3 is 6.18 Å². The van der Waals surface area contributed by atoms with E-state index in [1.165, 1.54) is 18.2 Å². The summed E-state index contributed by atoms with van der Waals surface area (Å²) in [5.41, 5.74) is 4.45. The molecule has 90 valence electrons. The fourth-order valence-corrected chi connectivity index (χ4v) is 1.33. The second-order valence-electron chi connectivity index (χ2n) is 3.44. The van der Waals surface area contributed by atoms with Gasteiger partial charge in [-0.15, -0.1) is 0 Å². The molecular weight excluding hydrogens is 223 g/mol. The van der Waals surface area contributed by atoms with Crippen LogP contribution in [0.5, 0.6) is 0 Å². The summed E-state index contributed by atoms with van der Waals surface area (Å²) < 4.78 is 37.6. The SMILES string of the molecule is NC(Cc1ccccc1C(F)(F)F)C(O)O.